The second kappa shape index (κ2) is 22.7. The molecule has 0 aliphatic heterocycles. The van der Waals surface area contributed by atoms with Crippen LogP contribution in [0.25, 0.3) is 0 Å². The van der Waals surface area contributed by atoms with Gasteiger partial charge in [-0.1, -0.05) is 146 Å². The van der Waals surface area contributed by atoms with Crippen LogP contribution < -0.4 is 20.1 Å². The molecule has 2 N–H and O–H groups in total. The summed E-state index contributed by atoms with van der Waals surface area (Å²) in [7, 11) is 0. The predicted octanol–water partition coefficient (Wildman–Crippen LogP) is 12.6. The van der Waals surface area contributed by atoms with E-state index in [9.17, 15) is 9.59 Å². The number of hydrogen-bond donors (Lipinski definition) is 2. The molecule has 3 aromatic rings. The Hall–Kier alpha value is -3.80. The van der Waals surface area contributed by atoms with Crippen molar-refractivity contribution in [2.75, 3.05) is 10.6 Å². The SMILES string of the molecule is CCCCCCCCCCc1ccccc1OC(=O)Nc1ccc(C)c(NC(=O)Oc2ccccc2CCCCCCCCCC)c1. The molecule has 6 heteroatoms. The Kier molecular flexibility index (Phi) is 18.2. The summed E-state index contributed by atoms with van der Waals surface area (Å²) in [6.45, 7) is 6.39. The van der Waals surface area contributed by atoms with E-state index in [1.807, 2.05) is 61.5 Å². The van der Waals surface area contributed by atoms with E-state index in [-0.39, 0.29) is 0 Å². The summed E-state index contributed by atoms with van der Waals surface area (Å²) >= 11 is 0. The first-order chi connectivity index (χ1) is 23.0. The number of carbonyl (C=O) groups is 2. The van der Waals surface area contributed by atoms with Gasteiger partial charge in [0, 0.05) is 11.4 Å². The second-order valence-electron chi connectivity index (χ2n) is 12.7. The number of unbranched alkanes of at least 4 members (excludes halogenated alkanes) is 14. The first-order valence-corrected chi connectivity index (χ1v) is 18.2. The van der Waals surface area contributed by atoms with Crippen molar-refractivity contribution in [3.05, 3.63) is 83.4 Å². The van der Waals surface area contributed by atoms with Crippen LogP contribution in [0, 0.1) is 6.92 Å². The highest BCUT2D eigenvalue weighted by atomic mass is 16.6. The van der Waals surface area contributed by atoms with Gasteiger partial charge in [-0.05, 0) is 73.6 Å². The molecular formula is C41H58N2O4. The van der Waals surface area contributed by atoms with E-state index in [0.29, 0.717) is 22.9 Å². The molecule has 0 atom stereocenters. The molecule has 0 heterocycles. The third-order valence-electron chi connectivity index (χ3n) is 8.67. The molecular weight excluding hydrogens is 584 g/mol. The Morgan fingerprint density at radius 2 is 0.957 bits per heavy atom. The van der Waals surface area contributed by atoms with Crippen LogP contribution in [0.5, 0.6) is 11.5 Å². The molecule has 0 spiro atoms. The van der Waals surface area contributed by atoms with Crippen LogP contribution in [0.2, 0.25) is 0 Å². The molecule has 3 rings (SSSR count). The van der Waals surface area contributed by atoms with Crippen molar-refractivity contribution in [1.29, 1.82) is 0 Å². The summed E-state index contributed by atoms with van der Waals surface area (Å²) in [5.41, 5.74) is 4.00. The van der Waals surface area contributed by atoms with Gasteiger partial charge in [0.15, 0.2) is 0 Å². The Morgan fingerprint density at radius 1 is 0.532 bits per heavy atom. The molecule has 3 aromatic carbocycles. The van der Waals surface area contributed by atoms with Gasteiger partial charge in [-0.15, -0.1) is 0 Å². The summed E-state index contributed by atoms with van der Waals surface area (Å²) in [5.74, 6) is 1.15. The smallest absolute Gasteiger partial charge is 0.410 e. The third kappa shape index (κ3) is 15.1. The standard InChI is InChI=1S/C41H58N2O4/c1-4-6-8-10-12-14-16-18-24-34-26-20-22-28-38(34)46-40(44)42-36-31-30-33(3)37(32-36)43-41(45)47-39-29-23-21-27-35(39)25-19-17-15-13-11-9-7-5-2/h20-23,26-32H,4-19,24-25H2,1-3H3,(H,42,44)(H,43,45). The Morgan fingerprint density at radius 3 is 1.45 bits per heavy atom. The summed E-state index contributed by atoms with van der Waals surface area (Å²) < 4.78 is 11.5. The van der Waals surface area contributed by atoms with Gasteiger partial charge in [-0.25, -0.2) is 9.59 Å². The van der Waals surface area contributed by atoms with Crippen molar-refractivity contribution in [2.45, 2.75) is 136 Å². The predicted molar refractivity (Wildman–Crippen MR) is 196 cm³/mol. The molecule has 0 saturated heterocycles. The number of ether oxygens (including phenoxy) is 2. The molecule has 2 amide bonds. The maximum atomic E-state index is 12.9. The quantitative estimate of drug-likeness (QED) is 0.107. The highest BCUT2D eigenvalue weighted by molar-refractivity contribution is 5.91. The Balaban J connectivity index is 1.47. The van der Waals surface area contributed by atoms with E-state index in [0.717, 1.165) is 42.4 Å². The molecule has 0 bridgehead atoms. The zero-order valence-corrected chi connectivity index (χ0v) is 29.2. The maximum Gasteiger partial charge on any atom is 0.417 e. The van der Waals surface area contributed by atoms with Gasteiger partial charge >= 0.3 is 12.2 Å². The highest BCUT2D eigenvalue weighted by Crippen LogP contribution is 2.25. The zero-order valence-electron chi connectivity index (χ0n) is 29.2. The van der Waals surface area contributed by atoms with Crippen LogP contribution >= 0.6 is 0 Å². The fourth-order valence-electron chi connectivity index (χ4n) is 5.83. The van der Waals surface area contributed by atoms with Crippen molar-refractivity contribution in [2.24, 2.45) is 0 Å². The number of amides is 2. The molecule has 6 nitrogen and oxygen atoms in total. The molecule has 0 aliphatic rings. The lowest BCUT2D eigenvalue weighted by Gasteiger charge is -2.14. The normalized spacial score (nSPS) is 10.9. The van der Waals surface area contributed by atoms with Crippen molar-refractivity contribution in [3.63, 3.8) is 0 Å². The van der Waals surface area contributed by atoms with Crippen molar-refractivity contribution in [3.8, 4) is 11.5 Å². The van der Waals surface area contributed by atoms with Crippen molar-refractivity contribution in [1.82, 2.24) is 0 Å². The van der Waals surface area contributed by atoms with Crippen LogP contribution in [0.3, 0.4) is 0 Å². The lowest BCUT2D eigenvalue weighted by molar-refractivity contribution is 0.214. The largest absolute Gasteiger partial charge is 0.417 e. The fraction of sp³-hybridized carbons (Fsp3) is 0.512. The van der Waals surface area contributed by atoms with Gasteiger partial charge in [-0.3, -0.25) is 10.6 Å². The number of aryl methyl sites for hydroxylation is 3. The minimum atomic E-state index is -0.569. The van der Waals surface area contributed by atoms with Crippen LogP contribution in [0.1, 0.15) is 133 Å². The van der Waals surface area contributed by atoms with Gasteiger partial charge in [0.25, 0.3) is 0 Å². The van der Waals surface area contributed by atoms with E-state index in [2.05, 4.69) is 24.5 Å². The summed E-state index contributed by atoms with van der Waals surface area (Å²) in [5, 5.41) is 5.67. The van der Waals surface area contributed by atoms with Gasteiger partial charge in [0.2, 0.25) is 0 Å². The van der Waals surface area contributed by atoms with Crippen molar-refractivity contribution >= 4 is 23.6 Å². The van der Waals surface area contributed by atoms with Crippen LogP contribution in [-0.2, 0) is 12.8 Å². The van der Waals surface area contributed by atoms with Crippen molar-refractivity contribution < 1.29 is 19.1 Å². The Labute approximate surface area is 284 Å². The number of carbonyl (C=O) groups excluding carboxylic acids is 2. The lowest BCUT2D eigenvalue weighted by atomic mass is 10.0. The van der Waals surface area contributed by atoms with E-state index in [1.165, 1.54) is 89.9 Å². The highest BCUT2D eigenvalue weighted by Gasteiger charge is 2.14. The Bertz CT molecular complexity index is 1340. The molecule has 256 valence electrons. The number of benzene rings is 3. The fourth-order valence-corrected chi connectivity index (χ4v) is 5.83. The molecule has 0 aromatic heterocycles. The molecule has 0 radical (unpaired) electrons. The zero-order chi connectivity index (χ0) is 33.5. The number of anilines is 2. The third-order valence-corrected chi connectivity index (χ3v) is 8.67. The van der Waals surface area contributed by atoms with E-state index < -0.39 is 12.2 Å². The first-order valence-electron chi connectivity index (χ1n) is 18.2. The van der Waals surface area contributed by atoms with E-state index >= 15 is 0 Å². The number of hydrogen-bond acceptors (Lipinski definition) is 4. The number of para-hydroxylation sites is 2. The summed E-state index contributed by atoms with van der Waals surface area (Å²) in [4.78, 5) is 25.8. The van der Waals surface area contributed by atoms with Crippen LogP contribution in [0.15, 0.2) is 66.7 Å². The number of rotatable bonds is 22. The molecule has 0 saturated carbocycles. The lowest BCUT2D eigenvalue weighted by Crippen LogP contribution is -2.19. The topological polar surface area (TPSA) is 76.7 Å². The summed E-state index contributed by atoms with van der Waals surface area (Å²) in [6.07, 6.45) is 20.7. The second-order valence-corrected chi connectivity index (χ2v) is 12.7. The van der Waals surface area contributed by atoms with Gasteiger partial charge in [0.05, 0.1) is 0 Å². The van der Waals surface area contributed by atoms with Gasteiger partial charge in [-0.2, -0.15) is 0 Å². The first kappa shape index (κ1) is 37.7. The molecule has 0 aliphatic carbocycles. The van der Waals surface area contributed by atoms with Crippen LogP contribution in [0.4, 0.5) is 21.0 Å². The minimum absolute atomic E-state index is 0.520. The average molecular weight is 643 g/mol. The summed E-state index contributed by atoms with van der Waals surface area (Å²) in [6, 6.07) is 20.8. The van der Waals surface area contributed by atoms with Gasteiger partial charge < -0.3 is 9.47 Å². The molecule has 47 heavy (non-hydrogen) atoms. The van der Waals surface area contributed by atoms with E-state index in [1.54, 1.807) is 12.1 Å². The molecule has 0 unspecified atom stereocenters. The maximum absolute atomic E-state index is 12.9. The number of nitrogens with one attached hydrogen (secondary N) is 2. The average Bonchev–Trinajstić information content (AvgIpc) is 3.06. The molecule has 0 fully saturated rings. The minimum Gasteiger partial charge on any atom is -0.410 e. The van der Waals surface area contributed by atoms with Gasteiger partial charge in [0.1, 0.15) is 11.5 Å². The van der Waals surface area contributed by atoms with Crippen LogP contribution in [-0.4, -0.2) is 12.2 Å². The monoisotopic (exact) mass is 642 g/mol. The van der Waals surface area contributed by atoms with E-state index in [4.69, 9.17) is 9.47 Å².